The first-order chi connectivity index (χ1) is 14.8. The van der Waals surface area contributed by atoms with Gasteiger partial charge in [-0.3, -0.25) is 14.4 Å². The number of hydrogen-bond acceptors (Lipinski definition) is 6. The zero-order valence-corrected chi connectivity index (χ0v) is 18.0. The van der Waals surface area contributed by atoms with E-state index in [-0.39, 0.29) is 24.9 Å². The van der Waals surface area contributed by atoms with Gasteiger partial charge in [0.25, 0.3) is 5.91 Å². The van der Waals surface area contributed by atoms with Crippen molar-refractivity contribution in [1.82, 2.24) is 0 Å². The van der Waals surface area contributed by atoms with E-state index in [1.165, 1.54) is 7.11 Å². The lowest BCUT2D eigenvalue weighted by Gasteiger charge is -2.32. The Bertz CT molecular complexity index is 883. The van der Waals surface area contributed by atoms with Gasteiger partial charge in [-0.05, 0) is 37.5 Å². The van der Waals surface area contributed by atoms with Crippen molar-refractivity contribution in [2.45, 2.75) is 44.6 Å². The first kappa shape index (κ1) is 23.0. The van der Waals surface area contributed by atoms with E-state index in [2.05, 4.69) is 4.74 Å². The Morgan fingerprint density at radius 3 is 2.71 bits per heavy atom. The molecule has 2 aliphatic rings. The van der Waals surface area contributed by atoms with Crippen molar-refractivity contribution in [2.24, 2.45) is 5.92 Å². The first-order valence-corrected chi connectivity index (χ1v) is 10.7. The summed E-state index contributed by atoms with van der Waals surface area (Å²) in [5.41, 5.74) is -0.0121. The van der Waals surface area contributed by atoms with Crippen LogP contribution in [0.5, 0.6) is 0 Å². The molecule has 2 aliphatic heterocycles. The molecule has 1 fully saturated rings. The highest BCUT2D eigenvalue weighted by Gasteiger charge is 2.52. The standard InChI is InChI=1S/C23H30N2O6/c1-16(7-4-6-14-26)23(30)18-15-17(24-13-11-20(24)27)9-10-19(18)25(22(23)29)12-5-3-8-21(28)31-2/h4,7,9-10,15-16,26,30H,3,5-6,8,11-14H2,1-2H3/b7-4+/t16-,23+/m0/s1. The van der Waals surface area contributed by atoms with Gasteiger partial charge >= 0.3 is 5.97 Å². The van der Waals surface area contributed by atoms with Gasteiger partial charge in [0.15, 0.2) is 5.60 Å². The summed E-state index contributed by atoms with van der Waals surface area (Å²) in [5.74, 6) is -1.24. The fourth-order valence-electron chi connectivity index (χ4n) is 4.07. The van der Waals surface area contributed by atoms with Crippen molar-refractivity contribution in [2.75, 3.05) is 36.6 Å². The van der Waals surface area contributed by atoms with Crippen molar-refractivity contribution < 1.29 is 29.3 Å². The third kappa shape index (κ3) is 4.36. The second-order valence-corrected chi connectivity index (χ2v) is 7.98. The van der Waals surface area contributed by atoms with Crippen molar-refractivity contribution in [3.63, 3.8) is 0 Å². The van der Waals surface area contributed by atoms with Crippen molar-refractivity contribution in [1.29, 1.82) is 0 Å². The van der Waals surface area contributed by atoms with E-state index in [9.17, 15) is 19.5 Å². The van der Waals surface area contributed by atoms with Crippen LogP contribution in [0.15, 0.2) is 30.4 Å². The summed E-state index contributed by atoms with van der Waals surface area (Å²) in [6.45, 7) is 2.73. The molecule has 1 aromatic carbocycles. The van der Waals surface area contributed by atoms with Crippen LogP contribution in [0.3, 0.4) is 0 Å². The van der Waals surface area contributed by atoms with Crippen LogP contribution in [0.2, 0.25) is 0 Å². The Labute approximate surface area is 182 Å². The van der Waals surface area contributed by atoms with Gasteiger partial charge < -0.3 is 24.7 Å². The van der Waals surface area contributed by atoms with Gasteiger partial charge in [0.1, 0.15) is 0 Å². The number of anilines is 2. The number of esters is 1. The van der Waals surface area contributed by atoms with Gasteiger partial charge in [-0.2, -0.15) is 0 Å². The lowest BCUT2D eigenvalue weighted by molar-refractivity contribution is -0.140. The molecular weight excluding hydrogens is 400 g/mol. The second-order valence-electron chi connectivity index (χ2n) is 7.98. The maximum absolute atomic E-state index is 13.4. The van der Waals surface area contributed by atoms with Gasteiger partial charge in [-0.15, -0.1) is 0 Å². The van der Waals surface area contributed by atoms with Gasteiger partial charge in [-0.25, -0.2) is 0 Å². The molecule has 0 spiro atoms. The SMILES string of the molecule is COC(=O)CCCCN1C(=O)[C@@](O)([C@@H](C)/C=C/CCO)c2cc(N3CCC3=O)ccc21. The molecule has 2 N–H and O–H groups in total. The van der Waals surface area contributed by atoms with Crippen molar-refractivity contribution >= 4 is 29.2 Å². The number of carbonyl (C=O) groups is 3. The lowest BCUT2D eigenvalue weighted by Crippen LogP contribution is -2.45. The summed E-state index contributed by atoms with van der Waals surface area (Å²) in [4.78, 5) is 39.8. The van der Waals surface area contributed by atoms with E-state index in [1.807, 2.05) is 0 Å². The zero-order valence-electron chi connectivity index (χ0n) is 18.0. The predicted octanol–water partition coefficient (Wildman–Crippen LogP) is 1.88. The molecule has 2 amide bonds. The normalized spacial score (nSPS) is 21.4. The summed E-state index contributed by atoms with van der Waals surface area (Å²) in [7, 11) is 1.34. The number of nitrogens with zero attached hydrogens (tertiary/aromatic N) is 2. The second kappa shape index (κ2) is 9.62. The number of benzene rings is 1. The zero-order chi connectivity index (χ0) is 22.6. The summed E-state index contributed by atoms with van der Waals surface area (Å²) in [6.07, 6.45) is 5.82. The average molecular weight is 431 g/mol. The predicted molar refractivity (Wildman–Crippen MR) is 116 cm³/mol. The highest BCUT2D eigenvalue weighted by atomic mass is 16.5. The maximum atomic E-state index is 13.4. The van der Waals surface area contributed by atoms with Crippen molar-refractivity contribution in [3.05, 3.63) is 35.9 Å². The van der Waals surface area contributed by atoms with Crippen LogP contribution in [-0.2, 0) is 24.7 Å². The number of carbonyl (C=O) groups excluding carboxylic acids is 3. The largest absolute Gasteiger partial charge is 0.469 e. The number of methoxy groups -OCH3 is 1. The van der Waals surface area contributed by atoms with Crippen LogP contribution in [0.4, 0.5) is 11.4 Å². The molecular formula is C23H30N2O6. The minimum Gasteiger partial charge on any atom is -0.469 e. The van der Waals surface area contributed by atoms with E-state index in [0.29, 0.717) is 55.7 Å². The molecule has 3 rings (SSSR count). The Balaban J connectivity index is 1.89. The first-order valence-electron chi connectivity index (χ1n) is 10.7. The Morgan fingerprint density at radius 2 is 2.10 bits per heavy atom. The van der Waals surface area contributed by atoms with Crippen LogP contribution >= 0.6 is 0 Å². The molecule has 0 saturated carbocycles. The molecule has 31 heavy (non-hydrogen) atoms. The van der Waals surface area contributed by atoms with Gasteiger partial charge in [0.05, 0.1) is 12.8 Å². The third-order valence-electron chi connectivity index (χ3n) is 6.03. The molecule has 2 atom stereocenters. The van der Waals surface area contributed by atoms with Crippen LogP contribution < -0.4 is 9.80 Å². The van der Waals surface area contributed by atoms with Crippen LogP contribution in [0, 0.1) is 5.92 Å². The van der Waals surface area contributed by atoms with E-state index >= 15 is 0 Å². The molecule has 0 radical (unpaired) electrons. The Kier molecular flexibility index (Phi) is 7.12. The summed E-state index contributed by atoms with van der Waals surface area (Å²) >= 11 is 0. The van der Waals surface area contributed by atoms with Gasteiger partial charge in [0, 0.05) is 49.7 Å². The van der Waals surface area contributed by atoms with E-state index in [1.54, 1.807) is 47.1 Å². The molecule has 8 nitrogen and oxygen atoms in total. The lowest BCUT2D eigenvalue weighted by atomic mass is 9.82. The molecule has 0 unspecified atom stereocenters. The minimum absolute atomic E-state index is 0.0142. The van der Waals surface area contributed by atoms with E-state index in [0.717, 1.165) is 0 Å². The molecule has 0 bridgehead atoms. The molecule has 1 saturated heterocycles. The maximum Gasteiger partial charge on any atom is 0.305 e. The molecule has 2 heterocycles. The van der Waals surface area contributed by atoms with Crippen LogP contribution in [0.1, 0.15) is 44.6 Å². The quantitative estimate of drug-likeness (QED) is 0.254. The fourth-order valence-corrected chi connectivity index (χ4v) is 4.07. The monoisotopic (exact) mass is 430 g/mol. The van der Waals surface area contributed by atoms with Gasteiger partial charge in [0.2, 0.25) is 5.91 Å². The smallest absolute Gasteiger partial charge is 0.305 e. The van der Waals surface area contributed by atoms with E-state index < -0.39 is 17.4 Å². The molecule has 1 aromatic rings. The van der Waals surface area contributed by atoms with E-state index in [4.69, 9.17) is 5.11 Å². The Hall–Kier alpha value is -2.71. The average Bonchev–Trinajstić information content (AvgIpc) is 2.97. The number of amides is 2. The summed E-state index contributed by atoms with van der Waals surface area (Å²) < 4.78 is 4.65. The van der Waals surface area contributed by atoms with Crippen LogP contribution in [-0.4, -0.2) is 54.8 Å². The number of β-lactam (4-membered cyclic amide) rings is 1. The number of aliphatic hydroxyl groups is 2. The number of fused-ring (bicyclic) bond motifs is 1. The molecule has 168 valence electrons. The van der Waals surface area contributed by atoms with Crippen molar-refractivity contribution in [3.8, 4) is 0 Å². The fraction of sp³-hybridized carbons (Fsp3) is 0.522. The minimum atomic E-state index is -1.77. The Morgan fingerprint density at radius 1 is 1.32 bits per heavy atom. The topological polar surface area (TPSA) is 107 Å². The number of rotatable bonds is 10. The highest BCUT2D eigenvalue weighted by molar-refractivity contribution is 6.08. The highest BCUT2D eigenvalue weighted by Crippen LogP contribution is 2.47. The number of aliphatic hydroxyl groups excluding tert-OH is 1. The molecule has 8 heteroatoms. The number of unbranched alkanes of at least 4 members (excludes halogenated alkanes) is 1. The molecule has 0 aromatic heterocycles. The van der Waals surface area contributed by atoms with Crippen LogP contribution in [0.25, 0.3) is 0 Å². The van der Waals surface area contributed by atoms with Gasteiger partial charge in [-0.1, -0.05) is 19.1 Å². The number of ether oxygens (including phenoxy) is 1. The summed E-state index contributed by atoms with van der Waals surface area (Å²) in [5, 5.41) is 20.6. The number of hydrogen-bond donors (Lipinski definition) is 2. The third-order valence-corrected chi connectivity index (χ3v) is 6.03. The summed E-state index contributed by atoms with van der Waals surface area (Å²) in [6, 6.07) is 5.30. The molecule has 0 aliphatic carbocycles.